The quantitative estimate of drug-likeness (QED) is 0.314. The summed E-state index contributed by atoms with van der Waals surface area (Å²) >= 11 is 0. The summed E-state index contributed by atoms with van der Waals surface area (Å²) in [6, 6.07) is 12.7. The molecule has 1 saturated heterocycles. The molecule has 4 rings (SSSR count). The molecule has 0 aliphatic carbocycles. The minimum absolute atomic E-state index is 0.0732. The molecule has 170 valence electrons. The molecule has 1 aliphatic rings. The number of ketones is 1. The molecule has 1 amide bonds. The zero-order valence-corrected chi connectivity index (χ0v) is 18.4. The molecule has 1 N–H and O–H groups in total. The lowest BCUT2D eigenvalue weighted by Crippen LogP contribution is -2.29. The molecule has 8 nitrogen and oxygen atoms in total. The molecule has 3 aromatic rings. The molecular formula is C25H24N2O6. The van der Waals surface area contributed by atoms with Gasteiger partial charge in [0.05, 0.1) is 42.9 Å². The Balaban J connectivity index is 1.84. The molecule has 0 saturated carbocycles. The Morgan fingerprint density at radius 1 is 1.09 bits per heavy atom. The maximum absolute atomic E-state index is 13.1. The van der Waals surface area contributed by atoms with Crippen LogP contribution in [0, 0.1) is 0 Å². The molecule has 0 bridgehead atoms. The summed E-state index contributed by atoms with van der Waals surface area (Å²) in [5.41, 5.74) is 0.815. The highest BCUT2D eigenvalue weighted by atomic mass is 16.5. The number of aliphatic hydroxyl groups excluding tert-OH is 1. The topological polar surface area (TPSA) is 102 Å². The third kappa shape index (κ3) is 4.32. The number of likely N-dealkylation sites (tertiary alicyclic amines) is 1. The number of ether oxygens (including phenoxy) is 2. The second kappa shape index (κ2) is 9.60. The lowest BCUT2D eigenvalue weighted by molar-refractivity contribution is -0.140. The van der Waals surface area contributed by atoms with Crippen LogP contribution >= 0.6 is 0 Å². The molecule has 1 aliphatic heterocycles. The first-order chi connectivity index (χ1) is 16.0. The van der Waals surface area contributed by atoms with Crippen molar-refractivity contribution < 1.29 is 28.6 Å². The van der Waals surface area contributed by atoms with Crippen molar-refractivity contribution >= 4 is 17.4 Å². The van der Waals surface area contributed by atoms with E-state index < -0.39 is 17.7 Å². The van der Waals surface area contributed by atoms with Crippen molar-refractivity contribution in [1.82, 2.24) is 9.88 Å². The molecule has 8 heteroatoms. The summed E-state index contributed by atoms with van der Waals surface area (Å²) in [6.07, 6.45) is 3.07. The molecule has 33 heavy (non-hydrogen) atoms. The smallest absolute Gasteiger partial charge is 0.296 e. The van der Waals surface area contributed by atoms with Gasteiger partial charge in [-0.1, -0.05) is 6.07 Å². The molecule has 0 radical (unpaired) electrons. The molecule has 1 aromatic carbocycles. The highest BCUT2D eigenvalue weighted by Gasteiger charge is 2.47. The fourth-order valence-corrected chi connectivity index (χ4v) is 3.83. The third-order valence-corrected chi connectivity index (χ3v) is 5.23. The lowest BCUT2D eigenvalue weighted by atomic mass is 9.98. The van der Waals surface area contributed by atoms with Gasteiger partial charge in [-0.3, -0.25) is 14.6 Å². The average Bonchev–Trinajstić information content (AvgIpc) is 3.43. The highest BCUT2D eigenvalue weighted by Crippen LogP contribution is 2.42. The van der Waals surface area contributed by atoms with E-state index in [1.165, 1.54) is 11.2 Å². The minimum atomic E-state index is -0.914. The van der Waals surface area contributed by atoms with Gasteiger partial charge in [0.1, 0.15) is 29.1 Å². The van der Waals surface area contributed by atoms with Crippen LogP contribution in [0.25, 0.3) is 5.76 Å². The second-order valence-electron chi connectivity index (χ2n) is 7.29. The van der Waals surface area contributed by atoms with Crippen LogP contribution in [0.3, 0.4) is 0 Å². The molecule has 2 aromatic heterocycles. The number of nitrogens with zero attached hydrogens (tertiary/aromatic N) is 2. The first-order valence-corrected chi connectivity index (χ1v) is 10.7. The number of aromatic nitrogens is 1. The summed E-state index contributed by atoms with van der Waals surface area (Å²) < 4.78 is 16.8. The standard InChI is InChI=1S/C25H24N2O6/c1-3-31-17-10-11-18(20(14-17)32-4-2)23(28)21-22(19-9-7-13-33-19)27(25(30)24(21)29)15-16-8-5-6-12-26-16/h5-14,22,28H,3-4,15H2,1-2H3/b23-21-. The summed E-state index contributed by atoms with van der Waals surface area (Å²) in [7, 11) is 0. The maximum Gasteiger partial charge on any atom is 0.296 e. The van der Waals surface area contributed by atoms with Gasteiger partial charge >= 0.3 is 0 Å². The van der Waals surface area contributed by atoms with Crippen molar-refractivity contribution in [2.75, 3.05) is 13.2 Å². The minimum Gasteiger partial charge on any atom is -0.507 e. The average molecular weight is 448 g/mol. The van der Waals surface area contributed by atoms with Crippen LogP contribution in [-0.2, 0) is 16.1 Å². The lowest BCUT2D eigenvalue weighted by Gasteiger charge is -2.23. The van der Waals surface area contributed by atoms with Gasteiger partial charge in [-0.05, 0) is 50.2 Å². The Hall–Kier alpha value is -4.07. The second-order valence-corrected chi connectivity index (χ2v) is 7.29. The van der Waals surface area contributed by atoms with Crippen LogP contribution in [0.1, 0.15) is 36.9 Å². The monoisotopic (exact) mass is 448 g/mol. The van der Waals surface area contributed by atoms with Crippen molar-refractivity contribution in [3.63, 3.8) is 0 Å². The SMILES string of the molecule is CCOc1ccc(/C(O)=C2/C(=O)C(=O)N(Cc3ccccn3)C2c2ccco2)c(OCC)c1. The van der Waals surface area contributed by atoms with Gasteiger partial charge in [0, 0.05) is 12.3 Å². The molecule has 1 fully saturated rings. The fraction of sp³-hybridized carbons (Fsp3) is 0.240. The van der Waals surface area contributed by atoms with Crippen LogP contribution in [0.4, 0.5) is 0 Å². The fourth-order valence-electron chi connectivity index (χ4n) is 3.83. The number of pyridine rings is 1. The number of furan rings is 1. The number of rotatable bonds is 8. The zero-order chi connectivity index (χ0) is 23.4. The zero-order valence-electron chi connectivity index (χ0n) is 18.4. The van der Waals surface area contributed by atoms with E-state index in [-0.39, 0.29) is 23.4 Å². The van der Waals surface area contributed by atoms with Crippen molar-refractivity contribution in [3.8, 4) is 11.5 Å². The van der Waals surface area contributed by atoms with E-state index in [0.29, 0.717) is 36.2 Å². The Kier molecular flexibility index (Phi) is 6.44. The van der Waals surface area contributed by atoms with E-state index in [0.717, 1.165) is 0 Å². The number of carbonyl (C=O) groups excluding carboxylic acids is 2. The van der Waals surface area contributed by atoms with Gasteiger partial charge in [0.15, 0.2) is 0 Å². The van der Waals surface area contributed by atoms with Gasteiger partial charge in [-0.2, -0.15) is 0 Å². The van der Waals surface area contributed by atoms with E-state index in [1.807, 2.05) is 13.8 Å². The molecule has 1 unspecified atom stereocenters. The van der Waals surface area contributed by atoms with Crippen LogP contribution in [0.5, 0.6) is 11.5 Å². The number of hydrogen-bond acceptors (Lipinski definition) is 7. The summed E-state index contributed by atoms with van der Waals surface area (Å²) in [6.45, 7) is 4.56. The van der Waals surface area contributed by atoms with E-state index in [4.69, 9.17) is 13.9 Å². The first kappa shape index (κ1) is 22.1. The Morgan fingerprint density at radius 3 is 2.58 bits per heavy atom. The number of benzene rings is 1. The molecule has 3 heterocycles. The number of hydrogen-bond donors (Lipinski definition) is 1. The first-order valence-electron chi connectivity index (χ1n) is 10.7. The summed E-state index contributed by atoms with van der Waals surface area (Å²) in [5, 5.41) is 11.3. The van der Waals surface area contributed by atoms with Crippen molar-refractivity contribution in [1.29, 1.82) is 0 Å². The Labute approximate surface area is 191 Å². The Morgan fingerprint density at radius 2 is 1.91 bits per heavy atom. The predicted octanol–water partition coefficient (Wildman–Crippen LogP) is 4.09. The molecule has 1 atom stereocenters. The molecule has 0 spiro atoms. The number of amides is 1. The van der Waals surface area contributed by atoms with Gasteiger partial charge < -0.3 is 23.9 Å². The number of carbonyl (C=O) groups is 2. The summed E-state index contributed by atoms with van der Waals surface area (Å²) in [4.78, 5) is 31.8. The van der Waals surface area contributed by atoms with Crippen LogP contribution in [-0.4, -0.2) is 39.9 Å². The van der Waals surface area contributed by atoms with Gasteiger partial charge in [0.2, 0.25) is 0 Å². The highest BCUT2D eigenvalue weighted by molar-refractivity contribution is 6.46. The third-order valence-electron chi connectivity index (χ3n) is 5.23. The summed E-state index contributed by atoms with van der Waals surface area (Å²) in [5.74, 6) is -0.625. The Bertz CT molecular complexity index is 1170. The van der Waals surface area contributed by atoms with Crippen LogP contribution in [0.2, 0.25) is 0 Å². The van der Waals surface area contributed by atoms with E-state index in [1.54, 1.807) is 54.7 Å². The van der Waals surface area contributed by atoms with E-state index in [9.17, 15) is 14.7 Å². The van der Waals surface area contributed by atoms with Gasteiger partial charge in [0.25, 0.3) is 11.7 Å². The predicted molar refractivity (Wildman–Crippen MR) is 120 cm³/mol. The van der Waals surface area contributed by atoms with E-state index in [2.05, 4.69) is 4.98 Å². The van der Waals surface area contributed by atoms with Crippen LogP contribution < -0.4 is 9.47 Å². The van der Waals surface area contributed by atoms with E-state index >= 15 is 0 Å². The number of aliphatic hydroxyl groups is 1. The largest absolute Gasteiger partial charge is 0.507 e. The van der Waals surface area contributed by atoms with Crippen molar-refractivity contribution in [2.45, 2.75) is 26.4 Å². The normalized spacial score (nSPS) is 17.4. The van der Waals surface area contributed by atoms with Gasteiger partial charge in [-0.25, -0.2) is 0 Å². The maximum atomic E-state index is 13.1. The van der Waals surface area contributed by atoms with Crippen molar-refractivity contribution in [2.24, 2.45) is 0 Å². The van der Waals surface area contributed by atoms with Gasteiger partial charge in [-0.15, -0.1) is 0 Å². The molecular weight excluding hydrogens is 424 g/mol. The number of Topliss-reactive ketones (excluding diaryl/α,β-unsaturated/α-hetero) is 1. The van der Waals surface area contributed by atoms with Crippen LogP contribution in [0.15, 0.2) is 71.0 Å². The van der Waals surface area contributed by atoms with Crippen molar-refractivity contribution in [3.05, 3.63) is 83.6 Å².